The number of aryl methyl sites for hydroxylation is 2. The third-order valence-corrected chi connectivity index (χ3v) is 6.76. The number of benzene rings is 2. The molecule has 1 aromatic heterocycles. The number of rotatable bonds is 5. The van der Waals surface area contributed by atoms with Crippen LogP contribution in [0.5, 0.6) is 0 Å². The van der Waals surface area contributed by atoms with Gasteiger partial charge in [0.1, 0.15) is 0 Å². The molecule has 3 aromatic rings. The molecule has 2 aliphatic rings. The number of pyridine rings is 1. The summed E-state index contributed by atoms with van der Waals surface area (Å²) in [5.74, 6) is -0.278. The minimum Gasteiger partial charge on any atom is -0.478 e. The molecule has 1 aliphatic heterocycles. The van der Waals surface area contributed by atoms with E-state index in [1.165, 1.54) is 65.8 Å². The van der Waals surface area contributed by atoms with Gasteiger partial charge in [-0.3, -0.25) is 4.98 Å². The first kappa shape index (κ1) is 23.8. The highest BCUT2D eigenvalue weighted by Gasteiger charge is 2.17. The lowest BCUT2D eigenvalue weighted by Gasteiger charge is -2.24. The van der Waals surface area contributed by atoms with Crippen LogP contribution in [-0.2, 0) is 17.6 Å². The maximum atomic E-state index is 10.5. The van der Waals surface area contributed by atoms with E-state index in [4.69, 9.17) is 9.84 Å². The van der Waals surface area contributed by atoms with Crippen LogP contribution in [0.4, 0.5) is 17.1 Å². The topological polar surface area (TPSA) is 74.7 Å². The van der Waals surface area contributed by atoms with E-state index < -0.39 is 5.97 Å². The fourth-order valence-electron chi connectivity index (χ4n) is 4.70. The van der Waals surface area contributed by atoms with Gasteiger partial charge in [-0.15, -0.1) is 0 Å². The van der Waals surface area contributed by atoms with Gasteiger partial charge in [-0.1, -0.05) is 18.2 Å². The predicted octanol–water partition coefficient (Wildman–Crippen LogP) is 5.66. The van der Waals surface area contributed by atoms with Crippen LogP contribution in [-0.4, -0.2) is 43.4 Å². The van der Waals surface area contributed by atoms with Crippen LogP contribution in [0.25, 0.3) is 0 Å². The lowest BCUT2D eigenvalue weighted by atomic mass is 9.91. The molecule has 6 nitrogen and oxygen atoms in total. The van der Waals surface area contributed by atoms with Crippen molar-refractivity contribution in [1.82, 2.24) is 4.98 Å². The van der Waals surface area contributed by atoms with Crippen LogP contribution in [0.2, 0.25) is 0 Å². The zero-order valence-corrected chi connectivity index (χ0v) is 20.0. The largest absolute Gasteiger partial charge is 0.478 e. The van der Waals surface area contributed by atoms with Crippen molar-refractivity contribution in [3.8, 4) is 0 Å². The zero-order chi connectivity index (χ0) is 23.9. The Morgan fingerprint density at radius 3 is 2.41 bits per heavy atom. The van der Waals surface area contributed by atoms with E-state index in [0.29, 0.717) is 11.6 Å². The van der Waals surface area contributed by atoms with Gasteiger partial charge in [0.25, 0.3) is 0 Å². The number of carboxylic acid groups (broad SMARTS) is 1. The minimum absolute atomic E-state index is 0.238. The number of aromatic carboxylic acids is 1. The number of carbonyl (C=O) groups is 1. The highest BCUT2D eigenvalue weighted by molar-refractivity contribution is 5.93. The summed E-state index contributed by atoms with van der Waals surface area (Å²) in [7, 11) is 3.82. The fourth-order valence-corrected chi connectivity index (χ4v) is 4.70. The summed E-state index contributed by atoms with van der Waals surface area (Å²) in [6.07, 6.45) is 9.02. The number of hydrogen-bond donors (Lipinski definition) is 2. The van der Waals surface area contributed by atoms with Crippen molar-refractivity contribution in [1.29, 1.82) is 0 Å². The van der Waals surface area contributed by atoms with Crippen molar-refractivity contribution in [2.45, 2.75) is 38.0 Å². The van der Waals surface area contributed by atoms with Crippen molar-refractivity contribution < 1.29 is 14.6 Å². The van der Waals surface area contributed by atoms with Gasteiger partial charge in [0, 0.05) is 44.9 Å². The molecule has 0 bridgehead atoms. The smallest absolute Gasteiger partial charge is 0.337 e. The van der Waals surface area contributed by atoms with Crippen molar-refractivity contribution in [3.63, 3.8) is 0 Å². The predicted molar refractivity (Wildman–Crippen MR) is 137 cm³/mol. The Bertz CT molecular complexity index is 1110. The molecule has 178 valence electrons. The van der Waals surface area contributed by atoms with Gasteiger partial charge in [-0.05, 0) is 85.0 Å². The normalized spacial score (nSPS) is 15.1. The number of fused-ring (bicyclic) bond motifs is 1. The Hall–Kier alpha value is -3.38. The second kappa shape index (κ2) is 11.2. The molecule has 0 atom stereocenters. The summed E-state index contributed by atoms with van der Waals surface area (Å²) in [5.41, 5.74) is 7.86. The van der Waals surface area contributed by atoms with Gasteiger partial charge in [-0.2, -0.15) is 0 Å². The van der Waals surface area contributed by atoms with Crippen molar-refractivity contribution in [3.05, 3.63) is 83.2 Å². The van der Waals surface area contributed by atoms with Crippen LogP contribution in [0.15, 0.2) is 60.9 Å². The molecule has 0 unspecified atom stereocenters. The van der Waals surface area contributed by atoms with Crippen LogP contribution in [0.3, 0.4) is 0 Å². The Balaban J connectivity index is 0.000000210. The summed E-state index contributed by atoms with van der Waals surface area (Å²) in [6.45, 7) is 1.81. The molecule has 2 N–H and O–H groups in total. The van der Waals surface area contributed by atoms with E-state index in [-0.39, 0.29) is 5.56 Å². The van der Waals surface area contributed by atoms with Gasteiger partial charge < -0.3 is 20.1 Å². The van der Waals surface area contributed by atoms with Gasteiger partial charge in [0.05, 0.1) is 17.4 Å². The first-order valence-electron chi connectivity index (χ1n) is 11.9. The van der Waals surface area contributed by atoms with Crippen molar-refractivity contribution in [2.75, 3.05) is 37.5 Å². The third kappa shape index (κ3) is 5.57. The van der Waals surface area contributed by atoms with E-state index >= 15 is 0 Å². The molecule has 6 heteroatoms. The highest BCUT2D eigenvalue weighted by atomic mass is 16.5. The van der Waals surface area contributed by atoms with Crippen molar-refractivity contribution in [2.24, 2.45) is 0 Å². The molecule has 0 saturated carbocycles. The SMILES string of the molecule is CN(c1ccc(C2CCOCC2)cc1)c1ccc2c(c1)CCC2.CNc1cnccc1C(=O)O. The number of hydrogen-bond acceptors (Lipinski definition) is 5. The average molecular weight is 460 g/mol. The summed E-state index contributed by atoms with van der Waals surface area (Å²) >= 11 is 0. The van der Waals surface area contributed by atoms with Crippen LogP contribution >= 0.6 is 0 Å². The van der Waals surface area contributed by atoms with Crippen LogP contribution < -0.4 is 10.2 Å². The van der Waals surface area contributed by atoms with Gasteiger partial charge >= 0.3 is 5.97 Å². The molecule has 2 heterocycles. The van der Waals surface area contributed by atoms with Gasteiger partial charge in [-0.25, -0.2) is 4.79 Å². The van der Waals surface area contributed by atoms with E-state index in [9.17, 15) is 4.79 Å². The third-order valence-electron chi connectivity index (χ3n) is 6.76. The molecule has 1 saturated heterocycles. The second-order valence-electron chi connectivity index (χ2n) is 8.82. The van der Waals surface area contributed by atoms with E-state index in [1.807, 2.05) is 0 Å². The van der Waals surface area contributed by atoms with Crippen molar-refractivity contribution >= 4 is 23.0 Å². The number of ether oxygens (including phenoxy) is 1. The summed E-state index contributed by atoms with van der Waals surface area (Å²) in [5, 5.41) is 11.4. The molecule has 0 amide bonds. The lowest BCUT2D eigenvalue weighted by Crippen LogP contribution is -2.14. The Labute approximate surface area is 201 Å². The number of nitrogens with zero attached hydrogens (tertiary/aromatic N) is 2. The molecule has 1 aliphatic carbocycles. The second-order valence-corrected chi connectivity index (χ2v) is 8.82. The van der Waals surface area contributed by atoms with Gasteiger partial charge in [0.2, 0.25) is 0 Å². The van der Waals surface area contributed by atoms with E-state index in [0.717, 1.165) is 26.1 Å². The number of nitrogens with one attached hydrogen (secondary N) is 1. The summed E-state index contributed by atoms with van der Waals surface area (Å²) in [6, 6.07) is 17.5. The number of anilines is 3. The Morgan fingerprint density at radius 1 is 1.03 bits per heavy atom. The molecule has 1 fully saturated rings. The number of aromatic nitrogens is 1. The summed E-state index contributed by atoms with van der Waals surface area (Å²) in [4.78, 5) is 16.6. The van der Waals surface area contributed by atoms with Crippen LogP contribution in [0.1, 0.15) is 52.2 Å². The molecule has 0 radical (unpaired) electrons. The first-order valence-corrected chi connectivity index (χ1v) is 11.9. The number of carboxylic acids is 1. The minimum atomic E-state index is -0.947. The maximum absolute atomic E-state index is 10.5. The maximum Gasteiger partial charge on any atom is 0.337 e. The zero-order valence-electron chi connectivity index (χ0n) is 20.0. The monoisotopic (exact) mass is 459 g/mol. The lowest BCUT2D eigenvalue weighted by molar-refractivity contribution is 0.0697. The molecular formula is C28H33N3O3. The molecule has 5 rings (SSSR count). The molecular weight excluding hydrogens is 426 g/mol. The molecule has 2 aromatic carbocycles. The highest BCUT2D eigenvalue weighted by Crippen LogP contribution is 2.32. The van der Waals surface area contributed by atoms with Crippen LogP contribution in [0, 0.1) is 0 Å². The van der Waals surface area contributed by atoms with E-state index in [2.05, 4.69) is 64.7 Å². The molecule has 0 spiro atoms. The Kier molecular flexibility index (Phi) is 7.80. The summed E-state index contributed by atoms with van der Waals surface area (Å²) < 4.78 is 5.47. The Morgan fingerprint density at radius 2 is 1.74 bits per heavy atom. The van der Waals surface area contributed by atoms with Gasteiger partial charge in [0.15, 0.2) is 0 Å². The average Bonchev–Trinajstić information content (AvgIpc) is 3.37. The first-order chi connectivity index (χ1) is 16.6. The quantitative estimate of drug-likeness (QED) is 0.513. The standard InChI is InChI=1S/C21H25NO.C7H8N2O2/c1-22(21-10-7-16-3-2-4-19(16)15-21)20-8-5-17(6-9-20)18-11-13-23-14-12-18;1-8-6-4-9-3-2-5(6)7(10)11/h5-10,15,18H,2-4,11-14H2,1H3;2-4,8H,1H3,(H,10,11). The fraction of sp³-hybridized carbons (Fsp3) is 0.357. The van der Waals surface area contributed by atoms with E-state index in [1.54, 1.807) is 7.05 Å². The molecule has 34 heavy (non-hydrogen) atoms.